The van der Waals surface area contributed by atoms with Crippen LogP contribution in [0.25, 0.3) is 0 Å². The van der Waals surface area contributed by atoms with Crippen molar-refractivity contribution in [1.82, 2.24) is 0 Å². The van der Waals surface area contributed by atoms with Crippen molar-refractivity contribution in [3.05, 3.63) is 29.8 Å². The molecule has 0 spiro atoms. The largest absolute Gasteiger partial charge is 0.430 e. The van der Waals surface area contributed by atoms with E-state index >= 15 is 0 Å². The van der Waals surface area contributed by atoms with Gasteiger partial charge in [-0.25, -0.2) is 0 Å². The minimum Gasteiger partial charge on any atom is -0.430 e. The molecular weight excluding hydrogens is 109 g/mol. The zero-order chi connectivity index (χ0) is 6.10. The molecule has 1 aliphatic rings. The summed E-state index contributed by atoms with van der Waals surface area (Å²) < 4.78 is 0. The third kappa shape index (κ3) is 0.708. The van der Waals surface area contributed by atoms with Gasteiger partial charge in [0.15, 0.2) is 0 Å². The standard InChI is InChI=1S/C7H8BN/c1-2-4-7-6(3-1)5-8-9-7/h1-4,8-9H,5H2. The summed E-state index contributed by atoms with van der Waals surface area (Å²) in [6.45, 7) is 0. The molecule has 0 saturated carbocycles. The van der Waals surface area contributed by atoms with E-state index in [0.717, 1.165) is 7.41 Å². The zero-order valence-electron chi connectivity index (χ0n) is 5.22. The van der Waals surface area contributed by atoms with Crippen LogP contribution in [-0.4, -0.2) is 7.41 Å². The molecule has 1 aromatic carbocycles. The smallest absolute Gasteiger partial charge is 0.237 e. The van der Waals surface area contributed by atoms with Gasteiger partial charge in [0, 0.05) is 5.69 Å². The lowest BCUT2D eigenvalue weighted by Gasteiger charge is -1.95. The molecular formula is C7H8BN. The van der Waals surface area contributed by atoms with Crippen molar-refractivity contribution in [2.45, 2.75) is 6.32 Å². The van der Waals surface area contributed by atoms with Gasteiger partial charge in [-0.05, 0) is 17.9 Å². The van der Waals surface area contributed by atoms with Crippen LogP contribution in [0.5, 0.6) is 0 Å². The molecule has 0 amide bonds. The van der Waals surface area contributed by atoms with Crippen molar-refractivity contribution in [2.24, 2.45) is 0 Å². The highest BCUT2D eigenvalue weighted by Crippen LogP contribution is 2.18. The van der Waals surface area contributed by atoms with Crippen LogP contribution in [0.2, 0.25) is 0 Å². The molecule has 0 unspecified atom stereocenters. The molecule has 0 fully saturated rings. The molecule has 0 aromatic heterocycles. The van der Waals surface area contributed by atoms with Gasteiger partial charge in [-0.3, -0.25) is 0 Å². The predicted molar refractivity (Wildman–Crippen MR) is 40.9 cm³/mol. The molecule has 2 heteroatoms. The normalized spacial score (nSPS) is 13.8. The number of anilines is 1. The Morgan fingerprint density at radius 3 is 3.11 bits per heavy atom. The van der Waals surface area contributed by atoms with Gasteiger partial charge in [-0.1, -0.05) is 18.2 Å². The molecule has 0 radical (unpaired) electrons. The number of benzene rings is 1. The van der Waals surface area contributed by atoms with Crippen LogP contribution in [0.15, 0.2) is 24.3 Å². The molecule has 1 aromatic rings. The SMILES string of the molecule is B1Cc2ccccc2N1. The maximum atomic E-state index is 3.30. The summed E-state index contributed by atoms with van der Waals surface area (Å²) in [6.07, 6.45) is 1.19. The molecule has 1 N–H and O–H groups in total. The van der Waals surface area contributed by atoms with Gasteiger partial charge in [0.05, 0.1) is 0 Å². The minimum atomic E-state index is 1.11. The lowest BCUT2D eigenvalue weighted by molar-refractivity contribution is 1.45. The van der Waals surface area contributed by atoms with Crippen LogP contribution in [0.1, 0.15) is 5.56 Å². The monoisotopic (exact) mass is 117 g/mol. The van der Waals surface area contributed by atoms with Gasteiger partial charge in [-0.15, -0.1) is 0 Å². The van der Waals surface area contributed by atoms with Crippen LogP contribution in [0.3, 0.4) is 0 Å². The fourth-order valence-electron chi connectivity index (χ4n) is 1.24. The van der Waals surface area contributed by atoms with E-state index in [1.54, 1.807) is 0 Å². The van der Waals surface area contributed by atoms with Crippen LogP contribution in [0.4, 0.5) is 5.69 Å². The van der Waals surface area contributed by atoms with Gasteiger partial charge in [-0.2, -0.15) is 0 Å². The molecule has 44 valence electrons. The van der Waals surface area contributed by atoms with Gasteiger partial charge < -0.3 is 5.23 Å². The molecule has 1 aliphatic heterocycles. The van der Waals surface area contributed by atoms with E-state index in [2.05, 4.69) is 29.5 Å². The van der Waals surface area contributed by atoms with E-state index in [0.29, 0.717) is 0 Å². The number of hydrogen-bond donors (Lipinski definition) is 1. The highest BCUT2D eigenvalue weighted by Gasteiger charge is 2.07. The predicted octanol–water partition coefficient (Wildman–Crippen LogP) is 0.964. The minimum absolute atomic E-state index is 1.11. The Morgan fingerprint density at radius 2 is 2.22 bits per heavy atom. The average Bonchev–Trinajstić information content (AvgIpc) is 2.33. The molecule has 2 rings (SSSR count). The average molecular weight is 117 g/mol. The highest BCUT2D eigenvalue weighted by molar-refractivity contribution is 6.42. The number of rotatable bonds is 0. The Morgan fingerprint density at radius 1 is 1.33 bits per heavy atom. The van der Waals surface area contributed by atoms with E-state index in [-0.39, 0.29) is 0 Å². The Kier molecular flexibility index (Phi) is 0.981. The molecule has 0 bridgehead atoms. The maximum Gasteiger partial charge on any atom is 0.237 e. The highest BCUT2D eigenvalue weighted by atomic mass is 14.8. The number of nitrogens with one attached hydrogen (secondary N) is 1. The Hall–Kier alpha value is -0.915. The molecule has 0 saturated heterocycles. The second-order valence-corrected chi connectivity index (χ2v) is 2.33. The summed E-state index contributed by atoms with van der Waals surface area (Å²) in [5.74, 6) is 0. The lowest BCUT2D eigenvalue weighted by atomic mass is 9.91. The van der Waals surface area contributed by atoms with E-state index in [9.17, 15) is 0 Å². The summed E-state index contributed by atoms with van der Waals surface area (Å²) in [5, 5.41) is 3.30. The second kappa shape index (κ2) is 1.80. The summed E-state index contributed by atoms with van der Waals surface area (Å²) in [4.78, 5) is 0. The van der Waals surface area contributed by atoms with Gasteiger partial charge in [0.1, 0.15) is 0 Å². The summed E-state index contributed by atoms with van der Waals surface area (Å²) in [5.41, 5.74) is 2.77. The van der Waals surface area contributed by atoms with Crippen molar-refractivity contribution in [3.63, 3.8) is 0 Å². The molecule has 9 heavy (non-hydrogen) atoms. The van der Waals surface area contributed by atoms with Crippen molar-refractivity contribution < 1.29 is 0 Å². The summed E-state index contributed by atoms with van der Waals surface area (Å²) in [6, 6.07) is 8.46. The van der Waals surface area contributed by atoms with Gasteiger partial charge in [0.2, 0.25) is 7.41 Å². The molecule has 1 nitrogen and oxygen atoms in total. The van der Waals surface area contributed by atoms with Crippen LogP contribution < -0.4 is 5.23 Å². The topological polar surface area (TPSA) is 12.0 Å². The van der Waals surface area contributed by atoms with Gasteiger partial charge >= 0.3 is 0 Å². The number of hydrogen-bond acceptors (Lipinski definition) is 1. The first kappa shape index (κ1) is 4.92. The first-order valence-electron chi connectivity index (χ1n) is 3.28. The molecule has 0 atom stereocenters. The van der Waals surface area contributed by atoms with Crippen molar-refractivity contribution in [3.8, 4) is 0 Å². The van der Waals surface area contributed by atoms with Crippen LogP contribution in [0, 0.1) is 0 Å². The van der Waals surface area contributed by atoms with Crippen molar-refractivity contribution in [1.29, 1.82) is 0 Å². The fourth-order valence-corrected chi connectivity index (χ4v) is 1.24. The fraction of sp³-hybridized carbons (Fsp3) is 0.143. The van der Waals surface area contributed by atoms with Crippen molar-refractivity contribution >= 4 is 13.1 Å². The third-order valence-corrected chi connectivity index (χ3v) is 1.73. The first-order chi connectivity index (χ1) is 4.47. The van der Waals surface area contributed by atoms with E-state index in [4.69, 9.17) is 0 Å². The summed E-state index contributed by atoms with van der Waals surface area (Å²) in [7, 11) is 1.11. The number of fused-ring (bicyclic) bond motifs is 1. The third-order valence-electron chi connectivity index (χ3n) is 1.73. The number of para-hydroxylation sites is 1. The Labute approximate surface area is 55.4 Å². The zero-order valence-corrected chi connectivity index (χ0v) is 5.22. The molecule has 1 heterocycles. The summed E-state index contributed by atoms with van der Waals surface area (Å²) >= 11 is 0. The van der Waals surface area contributed by atoms with Crippen LogP contribution in [-0.2, 0) is 6.32 Å². The maximum absolute atomic E-state index is 3.30. The lowest BCUT2D eigenvalue weighted by Crippen LogP contribution is -1.96. The van der Waals surface area contributed by atoms with E-state index < -0.39 is 0 Å². The van der Waals surface area contributed by atoms with Crippen LogP contribution >= 0.6 is 0 Å². The quantitative estimate of drug-likeness (QED) is 0.499. The second-order valence-electron chi connectivity index (χ2n) is 2.33. The van der Waals surface area contributed by atoms with E-state index in [1.807, 2.05) is 0 Å². The Balaban J connectivity index is 2.54. The Bertz CT molecular complexity index is 199. The first-order valence-corrected chi connectivity index (χ1v) is 3.28. The van der Waals surface area contributed by atoms with Gasteiger partial charge in [0.25, 0.3) is 0 Å². The van der Waals surface area contributed by atoms with E-state index in [1.165, 1.54) is 17.6 Å². The van der Waals surface area contributed by atoms with Crippen molar-refractivity contribution in [2.75, 3.05) is 5.23 Å². The molecule has 0 aliphatic carbocycles.